The molecule has 0 radical (unpaired) electrons. The second kappa shape index (κ2) is 4.94. The summed E-state index contributed by atoms with van der Waals surface area (Å²) in [5.41, 5.74) is -5.27. The van der Waals surface area contributed by atoms with Gasteiger partial charge in [0.1, 0.15) is 0 Å². The smallest absolute Gasteiger partial charge is 0.393 e. The second-order valence-electron chi connectivity index (χ2n) is 2.83. The topological polar surface area (TPSA) is 66.4 Å². The Morgan fingerprint density at radius 1 is 1.43 bits per heavy atom. The van der Waals surface area contributed by atoms with Crippen molar-refractivity contribution in [1.82, 2.24) is 4.72 Å². The van der Waals surface area contributed by atoms with E-state index in [1.165, 1.54) is 11.6 Å². The molecule has 86 valence electrons. The third kappa shape index (κ3) is 4.77. The summed E-state index contributed by atoms with van der Waals surface area (Å²) in [4.78, 5) is 0. The fraction of sp³-hybridized carbons (Fsp3) is 1.00. The molecule has 8 heteroatoms. The molecule has 0 aromatic heterocycles. The van der Waals surface area contributed by atoms with E-state index in [2.05, 4.69) is 0 Å². The van der Waals surface area contributed by atoms with Crippen LogP contribution in [0.2, 0.25) is 0 Å². The highest BCUT2D eigenvalue weighted by atomic mass is 32.2. The highest BCUT2D eigenvalue weighted by molar-refractivity contribution is 7.90. The molecule has 4 nitrogen and oxygen atoms in total. The summed E-state index contributed by atoms with van der Waals surface area (Å²) in [6.07, 6.45) is -0.238. The van der Waals surface area contributed by atoms with Crippen LogP contribution in [-0.2, 0) is 10.0 Å². The second-order valence-corrected chi connectivity index (χ2v) is 4.59. The lowest BCUT2D eigenvalue weighted by molar-refractivity contribution is -0.0447. The summed E-state index contributed by atoms with van der Waals surface area (Å²) in [5.74, 6) is 0. The van der Waals surface area contributed by atoms with E-state index in [0.29, 0.717) is 0 Å². The lowest BCUT2D eigenvalue weighted by Crippen LogP contribution is -2.37. The molecule has 0 aliphatic carbocycles. The molecule has 0 saturated carbocycles. The van der Waals surface area contributed by atoms with Crippen LogP contribution in [0.4, 0.5) is 13.2 Å². The van der Waals surface area contributed by atoms with E-state index >= 15 is 0 Å². The fourth-order valence-corrected chi connectivity index (χ4v) is 1.26. The van der Waals surface area contributed by atoms with Crippen LogP contribution in [0.1, 0.15) is 19.8 Å². The van der Waals surface area contributed by atoms with Crippen molar-refractivity contribution < 1.29 is 26.7 Å². The zero-order valence-electron chi connectivity index (χ0n) is 7.50. The molecule has 0 fully saturated rings. The van der Waals surface area contributed by atoms with Gasteiger partial charge in [-0.1, -0.05) is 0 Å². The number of sulfonamides is 1. The van der Waals surface area contributed by atoms with Gasteiger partial charge in [-0.25, -0.2) is 13.1 Å². The van der Waals surface area contributed by atoms with Crippen LogP contribution in [0.15, 0.2) is 0 Å². The third-order valence-corrected chi connectivity index (χ3v) is 2.59. The fourth-order valence-electron chi connectivity index (χ4n) is 0.686. The maximum Gasteiger partial charge on any atom is 0.511 e. The minimum absolute atomic E-state index is 0.160. The molecule has 14 heavy (non-hydrogen) atoms. The first-order chi connectivity index (χ1) is 6.17. The van der Waals surface area contributed by atoms with Gasteiger partial charge in [0.25, 0.3) is 0 Å². The summed E-state index contributed by atoms with van der Waals surface area (Å²) >= 11 is 0. The third-order valence-electron chi connectivity index (χ3n) is 1.40. The number of hydrogen-bond acceptors (Lipinski definition) is 3. The zero-order chi connectivity index (χ0) is 11.4. The van der Waals surface area contributed by atoms with Crippen molar-refractivity contribution in [1.29, 1.82) is 0 Å². The Morgan fingerprint density at radius 3 is 2.29 bits per heavy atom. The summed E-state index contributed by atoms with van der Waals surface area (Å²) in [6.45, 7) is 1.14. The molecule has 0 saturated heterocycles. The first kappa shape index (κ1) is 13.7. The summed E-state index contributed by atoms with van der Waals surface area (Å²) in [6, 6.07) is 0. The largest absolute Gasteiger partial charge is 0.511 e. The summed E-state index contributed by atoms with van der Waals surface area (Å²) in [5, 5.41) is 8.74. The molecular formula is C6H12F3NO3S. The SMILES string of the molecule is CC(O)CCCNS(=O)(=O)C(F)(F)F. The monoisotopic (exact) mass is 235 g/mol. The predicted molar refractivity (Wildman–Crippen MR) is 43.9 cm³/mol. The van der Waals surface area contributed by atoms with Gasteiger partial charge in [-0.15, -0.1) is 0 Å². The molecule has 0 rings (SSSR count). The molecule has 0 spiro atoms. The first-order valence-electron chi connectivity index (χ1n) is 3.91. The Hall–Kier alpha value is -0.340. The van der Waals surface area contributed by atoms with Crippen molar-refractivity contribution in [2.75, 3.05) is 6.54 Å². The molecule has 0 aliphatic heterocycles. The normalized spacial score (nSPS) is 15.5. The average Bonchev–Trinajstić information content (AvgIpc) is 1.95. The maximum atomic E-state index is 11.7. The van der Waals surface area contributed by atoms with Gasteiger partial charge in [-0.05, 0) is 19.8 Å². The van der Waals surface area contributed by atoms with Crippen LogP contribution < -0.4 is 4.72 Å². The van der Waals surface area contributed by atoms with Gasteiger partial charge in [0.05, 0.1) is 6.10 Å². The van der Waals surface area contributed by atoms with E-state index in [-0.39, 0.29) is 19.4 Å². The first-order valence-corrected chi connectivity index (χ1v) is 5.39. The van der Waals surface area contributed by atoms with Crippen molar-refractivity contribution >= 4 is 10.0 Å². The molecule has 0 heterocycles. The highest BCUT2D eigenvalue weighted by Crippen LogP contribution is 2.21. The maximum absolute atomic E-state index is 11.7. The van der Waals surface area contributed by atoms with Gasteiger partial charge in [0, 0.05) is 6.54 Å². The molecule has 2 N–H and O–H groups in total. The number of aliphatic hydroxyl groups excluding tert-OH is 1. The Labute approximate surface area is 80.2 Å². The van der Waals surface area contributed by atoms with Gasteiger partial charge in [0.15, 0.2) is 0 Å². The van der Waals surface area contributed by atoms with Crippen molar-refractivity contribution in [3.63, 3.8) is 0 Å². The Balaban J connectivity index is 3.91. The van der Waals surface area contributed by atoms with Crippen LogP contribution in [0.25, 0.3) is 0 Å². The van der Waals surface area contributed by atoms with E-state index in [4.69, 9.17) is 5.11 Å². The van der Waals surface area contributed by atoms with Crippen molar-refractivity contribution in [3.05, 3.63) is 0 Å². The number of hydrogen-bond donors (Lipinski definition) is 2. The average molecular weight is 235 g/mol. The molecular weight excluding hydrogens is 223 g/mol. The number of alkyl halides is 3. The van der Waals surface area contributed by atoms with E-state index in [1.807, 2.05) is 0 Å². The number of halogens is 3. The Morgan fingerprint density at radius 2 is 1.93 bits per heavy atom. The standard InChI is InChI=1S/C6H12F3NO3S/c1-5(11)3-2-4-10-14(12,13)6(7,8)9/h5,10-11H,2-4H2,1H3. The summed E-state index contributed by atoms with van der Waals surface area (Å²) < 4.78 is 57.3. The van der Waals surface area contributed by atoms with Crippen LogP contribution in [0, 0.1) is 0 Å². The highest BCUT2D eigenvalue weighted by Gasteiger charge is 2.45. The number of nitrogens with one attached hydrogen (secondary N) is 1. The van der Waals surface area contributed by atoms with Crippen LogP contribution >= 0.6 is 0 Å². The molecule has 0 bridgehead atoms. The summed E-state index contributed by atoms with van der Waals surface area (Å²) in [7, 11) is -5.23. The molecule has 0 amide bonds. The van der Waals surface area contributed by atoms with Crippen molar-refractivity contribution in [2.24, 2.45) is 0 Å². The Bertz CT molecular complexity index is 260. The molecule has 1 atom stereocenters. The quantitative estimate of drug-likeness (QED) is 0.685. The molecule has 0 aliphatic rings. The Kier molecular flexibility index (Phi) is 4.82. The van der Waals surface area contributed by atoms with E-state index in [1.54, 1.807) is 0 Å². The van der Waals surface area contributed by atoms with Gasteiger partial charge in [0.2, 0.25) is 0 Å². The van der Waals surface area contributed by atoms with Crippen LogP contribution in [-0.4, -0.2) is 31.7 Å². The van der Waals surface area contributed by atoms with Crippen molar-refractivity contribution in [2.45, 2.75) is 31.4 Å². The van der Waals surface area contributed by atoms with E-state index < -0.39 is 21.6 Å². The molecule has 0 aromatic rings. The van der Waals surface area contributed by atoms with Gasteiger partial charge in [-0.3, -0.25) is 0 Å². The van der Waals surface area contributed by atoms with Crippen LogP contribution in [0.3, 0.4) is 0 Å². The molecule has 1 unspecified atom stereocenters. The van der Waals surface area contributed by atoms with Crippen molar-refractivity contribution in [3.8, 4) is 0 Å². The van der Waals surface area contributed by atoms with E-state index in [0.717, 1.165) is 0 Å². The zero-order valence-corrected chi connectivity index (χ0v) is 8.32. The predicted octanol–water partition coefficient (Wildman–Crippen LogP) is 0.587. The van der Waals surface area contributed by atoms with Gasteiger partial charge in [-0.2, -0.15) is 13.2 Å². The minimum atomic E-state index is -5.27. The van der Waals surface area contributed by atoms with Gasteiger partial charge < -0.3 is 5.11 Å². The minimum Gasteiger partial charge on any atom is -0.393 e. The lowest BCUT2D eigenvalue weighted by Gasteiger charge is -2.09. The molecule has 0 aromatic carbocycles. The van der Waals surface area contributed by atoms with Crippen LogP contribution in [0.5, 0.6) is 0 Å². The number of aliphatic hydroxyl groups is 1. The van der Waals surface area contributed by atoms with E-state index in [9.17, 15) is 21.6 Å². The lowest BCUT2D eigenvalue weighted by atomic mass is 10.2. The van der Waals surface area contributed by atoms with Gasteiger partial charge >= 0.3 is 15.5 Å². The number of rotatable bonds is 5.